The number of hydrogen-bond donors (Lipinski definition) is 1. The minimum Gasteiger partial charge on any atom is -0.353 e. The predicted molar refractivity (Wildman–Crippen MR) is 97.0 cm³/mol. The van der Waals surface area contributed by atoms with E-state index in [0.717, 1.165) is 38.1 Å². The summed E-state index contributed by atoms with van der Waals surface area (Å²) in [6, 6.07) is 5.10. The molecule has 2 rings (SSSR count). The van der Waals surface area contributed by atoms with E-state index in [1.54, 1.807) is 19.9 Å². The zero-order valence-corrected chi connectivity index (χ0v) is 16.2. The second-order valence-electron chi connectivity index (χ2n) is 8.61. The monoisotopic (exact) mass is 370 g/mol. The van der Waals surface area contributed by atoms with Crippen LogP contribution in [0.25, 0.3) is 0 Å². The third kappa shape index (κ3) is 4.78. The fourth-order valence-electron chi connectivity index (χ4n) is 3.28. The molecule has 0 saturated carbocycles. The van der Waals surface area contributed by atoms with E-state index < -0.39 is 17.2 Å². The van der Waals surface area contributed by atoms with Crippen LogP contribution in [-0.4, -0.2) is 35.5 Å². The Bertz CT molecular complexity index is 639. The number of carbonyl (C=O) groups excluding carboxylic acids is 1. The molecule has 0 unspecified atom stereocenters. The van der Waals surface area contributed by atoms with Gasteiger partial charge in [0.25, 0.3) is 0 Å². The molecular formula is C20H29F3N2O. The number of benzene rings is 1. The lowest BCUT2D eigenvalue weighted by molar-refractivity contribution is -0.138. The molecule has 1 aliphatic heterocycles. The van der Waals surface area contributed by atoms with Gasteiger partial charge in [0, 0.05) is 24.7 Å². The number of nitrogens with one attached hydrogen (secondary N) is 1. The van der Waals surface area contributed by atoms with Gasteiger partial charge in [0.1, 0.15) is 0 Å². The highest BCUT2D eigenvalue weighted by Crippen LogP contribution is 2.33. The van der Waals surface area contributed by atoms with E-state index >= 15 is 0 Å². The zero-order chi connectivity index (χ0) is 19.8. The second-order valence-corrected chi connectivity index (χ2v) is 8.61. The van der Waals surface area contributed by atoms with Crippen molar-refractivity contribution in [2.75, 3.05) is 13.1 Å². The van der Waals surface area contributed by atoms with Crippen molar-refractivity contribution in [3.8, 4) is 0 Å². The van der Waals surface area contributed by atoms with Crippen LogP contribution in [0.15, 0.2) is 24.3 Å². The van der Waals surface area contributed by atoms with Gasteiger partial charge in [0.05, 0.1) is 11.0 Å². The van der Waals surface area contributed by atoms with Crippen molar-refractivity contribution in [2.45, 2.75) is 70.6 Å². The van der Waals surface area contributed by atoms with Crippen LogP contribution in [0.1, 0.15) is 58.6 Å². The van der Waals surface area contributed by atoms with Crippen molar-refractivity contribution < 1.29 is 18.0 Å². The number of amides is 1. The highest BCUT2D eigenvalue weighted by molar-refractivity contribution is 5.87. The van der Waals surface area contributed by atoms with E-state index in [0.29, 0.717) is 5.56 Å². The standard InChI is InChI=1S/C20H29F3N2O/c1-18(2,3)25-11-9-16(10-12-25)24-17(26)19(4,5)14-7-6-8-15(13-14)20(21,22)23/h6-8,13,16H,9-12H2,1-5H3,(H,24,26). The molecule has 1 aromatic rings. The second kappa shape index (κ2) is 7.22. The Morgan fingerprint density at radius 2 is 1.58 bits per heavy atom. The minimum absolute atomic E-state index is 0.0613. The quantitative estimate of drug-likeness (QED) is 0.857. The lowest BCUT2D eigenvalue weighted by atomic mass is 9.82. The van der Waals surface area contributed by atoms with Gasteiger partial charge in [0.2, 0.25) is 5.91 Å². The van der Waals surface area contributed by atoms with Gasteiger partial charge in [-0.2, -0.15) is 13.2 Å². The van der Waals surface area contributed by atoms with Crippen LogP contribution >= 0.6 is 0 Å². The molecule has 6 heteroatoms. The Morgan fingerprint density at radius 3 is 2.08 bits per heavy atom. The van der Waals surface area contributed by atoms with Crippen LogP contribution in [-0.2, 0) is 16.4 Å². The van der Waals surface area contributed by atoms with Gasteiger partial charge in [-0.15, -0.1) is 0 Å². The Morgan fingerprint density at radius 1 is 1.04 bits per heavy atom. The fraction of sp³-hybridized carbons (Fsp3) is 0.650. The third-order valence-electron chi connectivity index (χ3n) is 5.26. The average Bonchev–Trinajstić information content (AvgIpc) is 2.53. The Kier molecular flexibility index (Phi) is 5.76. The Hall–Kier alpha value is -1.56. The minimum atomic E-state index is -4.41. The highest BCUT2D eigenvalue weighted by Gasteiger charge is 2.36. The smallest absolute Gasteiger partial charge is 0.353 e. The Balaban J connectivity index is 2.05. The molecule has 1 fully saturated rings. The summed E-state index contributed by atoms with van der Waals surface area (Å²) in [6.07, 6.45) is -2.72. The van der Waals surface area contributed by atoms with Gasteiger partial charge in [-0.3, -0.25) is 9.69 Å². The molecule has 1 N–H and O–H groups in total. The largest absolute Gasteiger partial charge is 0.416 e. The van der Waals surface area contributed by atoms with Crippen LogP contribution < -0.4 is 5.32 Å². The van der Waals surface area contributed by atoms with Crippen molar-refractivity contribution in [1.82, 2.24) is 10.2 Å². The number of halogens is 3. The first-order valence-corrected chi connectivity index (χ1v) is 9.05. The van der Waals surface area contributed by atoms with Gasteiger partial charge < -0.3 is 5.32 Å². The van der Waals surface area contributed by atoms with Crippen LogP contribution in [0.2, 0.25) is 0 Å². The van der Waals surface area contributed by atoms with Crippen molar-refractivity contribution in [1.29, 1.82) is 0 Å². The van der Waals surface area contributed by atoms with Crippen LogP contribution in [0.4, 0.5) is 13.2 Å². The lowest BCUT2D eigenvalue weighted by Crippen LogP contribution is -2.53. The van der Waals surface area contributed by atoms with Crippen molar-refractivity contribution in [2.24, 2.45) is 0 Å². The van der Waals surface area contributed by atoms with Crippen LogP contribution in [0.3, 0.4) is 0 Å². The van der Waals surface area contributed by atoms with E-state index in [2.05, 4.69) is 31.0 Å². The molecule has 0 bridgehead atoms. The molecule has 26 heavy (non-hydrogen) atoms. The average molecular weight is 370 g/mol. The number of alkyl halides is 3. The molecule has 1 heterocycles. The van der Waals surface area contributed by atoms with Crippen molar-refractivity contribution in [3.63, 3.8) is 0 Å². The molecule has 0 atom stereocenters. The Labute approximate surface area is 154 Å². The maximum absolute atomic E-state index is 13.0. The molecule has 1 amide bonds. The topological polar surface area (TPSA) is 32.3 Å². The molecule has 1 saturated heterocycles. The lowest BCUT2D eigenvalue weighted by Gasteiger charge is -2.41. The molecule has 0 aliphatic carbocycles. The summed E-state index contributed by atoms with van der Waals surface area (Å²) in [5, 5.41) is 3.04. The summed E-state index contributed by atoms with van der Waals surface area (Å²) >= 11 is 0. The molecule has 0 aromatic heterocycles. The molecule has 146 valence electrons. The number of hydrogen-bond acceptors (Lipinski definition) is 2. The summed E-state index contributed by atoms with van der Waals surface area (Å²) in [7, 11) is 0. The third-order valence-corrected chi connectivity index (χ3v) is 5.26. The van der Waals surface area contributed by atoms with Gasteiger partial charge in [-0.25, -0.2) is 0 Å². The van der Waals surface area contributed by atoms with E-state index in [1.165, 1.54) is 6.07 Å². The molecule has 0 spiro atoms. The highest BCUT2D eigenvalue weighted by atomic mass is 19.4. The first-order valence-electron chi connectivity index (χ1n) is 9.05. The summed E-state index contributed by atoms with van der Waals surface area (Å²) < 4.78 is 38.9. The molecule has 1 aliphatic rings. The molecular weight excluding hydrogens is 341 g/mol. The van der Waals surface area contributed by atoms with E-state index in [9.17, 15) is 18.0 Å². The zero-order valence-electron chi connectivity index (χ0n) is 16.2. The predicted octanol–water partition coefficient (Wildman–Crippen LogP) is 4.36. The van der Waals surface area contributed by atoms with Crippen LogP contribution in [0, 0.1) is 0 Å². The van der Waals surface area contributed by atoms with Gasteiger partial charge in [-0.1, -0.05) is 18.2 Å². The number of nitrogens with zero attached hydrogens (tertiary/aromatic N) is 1. The molecule has 3 nitrogen and oxygen atoms in total. The summed E-state index contributed by atoms with van der Waals surface area (Å²) in [6.45, 7) is 11.6. The first-order chi connectivity index (χ1) is 11.8. The normalized spacial score (nSPS) is 18.0. The van der Waals surface area contributed by atoms with Crippen LogP contribution in [0.5, 0.6) is 0 Å². The number of rotatable bonds is 3. The number of carbonyl (C=O) groups is 1. The van der Waals surface area contributed by atoms with Gasteiger partial charge >= 0.3 is 6.18 Å². The maximum Gasteiger partial charge on any atom is 0.416 e. The van der Waals surface area contributed by atoms with E-state index in [1.807, 2.05) is 0 Å². The van der Waals surface area contributed by atoms with E-state index in [4.69, 9.17) is 0 Å². The number of likely N-dealkylation sites (tertiary alicyclic amines) is 1. The summed E-state index contributed by atoms with van der Waals surface area (Å²) in [4.78, 5) is 15.1. The van der Waals surface area contributed by atoms with Crippen molar-refractivity contribution >= 4 is 5.91 Å². The molecule has 0 radical (unpaired) electrons. The summed E-state index contributed by atoms with van der Waals surface area (Å²) in [5.74, 6) is -0.231. The maximum atomic E-state index is 13.0. The van der Waals surface area contributed by atoms with Gasteiger partial charge in [0.15, 0.2) is 0 Å². The SMILES string of the molecule is CC(C)(C(=O)NC1CCN(C(C)(C)C)CC1)c1cccc(C(F)(F)F)c1. The van der Waals surface area contributed by atoms with E-state index in [-0.39, 0.29) is 17.5 Å². The van der Waals surface area contributed by atoms with Crippen molar-refractivity contribution in [3.05, 3.63) is 35.4 Å². The fourth-order valence-corrected chi connectivity index (χ4v) is 3.28. The summed E-state index contributed by atoms with van der Waals surface area (Å²) in [5.41, 5.74) is -1.28. The molecule has 1 aromatic carbocycles. The number of piperidine rings is 1. The first kappa shape index (κ1) is 20.7. The van der Waals surface area contributed by atoms with Gasteiger partial charge in [-0.05, 0) is 59.1 Å².